The second-order valence-corrected chi connectivity index (χ2v) is 5.26. The molecule has 0 amide bonds. The molecule has 2 aromatic rings. The number of rotatable bonds is 5. The molecule has 1 nitrogen and oxygen atoms in total. The first-order chi connectivity index (χ1) is 9.97. The predicted octanol–water partition coefficient (Wildman–Crippen LogP) is 4.39. The molecule has 1 N–H and O–H groups in total. The second-order valence-electron chi connectivity index (χ2n) is 5.26. The molecule has 2 atom stereocenters. The fourth-order valence-electron chi connectivity index (χ4n) is 2.51. The lowest BCUT2D eigenvalue weighted by molar-refractivity contribution is 0.440. The van der Waals surface area contributed by atoms with E-state index in [-0.39, 0.29) is 17.4 Å². The molecule has 4 heteroatoms. The van der Waals surface area contributed by atoms with E-state index in [4.69, 9.17) is 0 Å². The molecule has 0 aliphatic carbocycles. The van der Waals surface area contributed by atoms with Gasteiger partial charge in [0.15, 0.2) is 0 Å². The summed E-state index contributed by atoms with van der Waals surface area (Å²) in [5.41, 5.74) is 0.875. The van der Waals surface area contributed by atoms with Crippen LogP contribution >= 0.6 is 0 Å². The molecule has 0 aliphatic heterocycles. The van der Waals surface area contributed by atoms with E-state index in [1.165, 1.54) is 30.3 Å². The van der Waals surface area contributed by atoms with Crippen LogP contribution < -0.4 is 5.32 Å². The fraction of sp³-hybridized carbons (Fsp3) is 0.294. The number of benzene rings is 2. The van der Waals surface area contributed by atoms with E-state index in [0.717, 1.165) is 5.56 Å². The molecular weight excluding hydrogens is 275 g/mol. The topological polar surface area (TPSA) is 12.0 Å². The van der Waals surface area contributed by atoms with Crippen LogP contribution in [0.15, 0.2) is 42.5 Å². The Labute approximate surface area is 122 Å². The Hall–Kier alpha value is -1.81. The van der Waals surface area contributed by atoms with Crippen molar-refractivity contribution >= 4 is 0 Å². The predicted molar refractivity (Wildman–Crippen MR) is 77.5 cm³/mol. The molecule has 0 spiro atoms. The Balaban J connectivity index is 2.04. The lowest BCUT2D eigenvalue weighted by atomic mass is 10.0. The van der Waals surface area contributed by atoms with Gasteiger partial charge in [0.25, 0.3) is 0 Å². The first-order valence-electron chi connectivity index (χ1n) is 6.91. The van der Waals surface area contributed by atoms with Crippen molar-refractivity contribution in [3.63, 3.8) is 0 Å². The highest BCUT2D eigenvalue weighted by molar-refractivity contribution is 5.23. The number of hydrogen-bond donors (Lipinski definition) is 1. The zero-order chi connectivity index (χ0) is 15.4. The normalized spacial score (nSPS) is 14.0. The van der Waals surface area contributed by atoms with Crippen LogP contribution in [0.1, 0.15) is 31.0 Å². The van der Waals surface area contributed by atoms with Gasteiger partial charge in [-0.15, -0.1) is 0 Å². The van der Waals surface area contributed by atoms with E-state index in [0.29, 0.717) is 6.42 Å². The van der Waals surface area contributed by atoms with E-state index in [1.807, 2.05) is 13.0 Å². The summed E-state index contributed by atoms with van der Waals surface area (Å²) in [6.45, 7) is 3.61. The van der Waals surface area contributed by atoms with Crippen LogP contribution in [0.4, 0.5) is 13.2 Å². The smallest absolute Gasteiger partial charge is 0.130 e. The van der Waals surface area contributed by atoms with Crippen molar-refractivity contribution < 1.29 is 13.2 Å². The summed E-state index contributed by atoms with van der Waals surface area (Å²) in [6, 6.07) is 9.66. The summed E-state index contributed by atoms with van der Waals surface area (Å²) in [5.74, 6) is -1.41. The van der Waals surface area contributed by atoms with Gasteiger partial charge in [-0.3, -0.25) is 0 Å². The first kappa shape index (κ1) is 15.6. The number of hydrogen-bond acceptors (Lipinski definition) is 1. The first-order valence-corrected chi connectivity index (χ1v) is 6.91. The largest absolute Gasteiger partial charge is 0.307 e. The third-order valence-corrected chi connectivity index (χ3v) is 3.40. The Morgan fingerprint density at radius 3 is 2.19 bits per heavy atom. The quantitative estimate of drug-likeness (QED) is 0.862. The second kappa shape index (κ2) is 6.76. The Morgan fingerprint density at radius 2 is 1.57 bits per heavy atom. The highest BCUT2D eigenvalue weighted by Crippen LogP contribution is 2.21. The average molecular weight is 293 g/mol. The van der Waals surface area contributed by atoms with Crippen LogP contribution in [0.5, 0.6) is 0 Å². The summed E-state index contributed by atoms with van der Waals surface area (Å²) in [7, 11) is 0. The van der Waals surface area contributed by atoms with Crippen LogP contribution in [0, 0.1) is 17.5 Å². The van der Waals surface area contributed by atoms with Gasteiger partial charge in [-0.05, 0) is 50.1 Å². The van der Waals surface area contributed by atoms with Crippen molar-refractivity contribution in [1.82, 2.24) is 5.32 Å². The highest BCUT2D eigenvalue weighted by Gasteiger charge is 2.17. The molecular formula is C17H18F3N. The monoisotopic (exact) mass is 293 g/mol. The average Bonchev–Trinajstić information content (AvgIpc) is 2.38. The van der Waals surface area contributed by atoms with Gasteiger partial charge in [-0.25, -0.2) is 13.2 Å². The molecule has 0 aromatic heterocycles. The van der Waals surface area contributed by atoms with E-state index >= 15 is 0 Å². The van der Waals surface area contributed by atoms with E-state index in [1.54, 1.807) is 13.0 Å². The molecule has 0 fully saturated rings. The standard InChI is InChI=1S/C17H18F3N/c1-11(9-13-5-3-6-14(18)10-13)21-12(2)17-15(19)7-4-8-16(17)20/h3-8,10-12,21H,9H2,1-2H3. The Bertz CT molecular complexity index is 592. The summed E-state index contributed by atoms with van der Waals surface area (Å²) < 4.78 is 40.5. The van der Waals surface area contributed by atoms with E-state index < -0.39 is 17.7 Å². The molecule has 0 bridgehead atoms. The maximum absolute atomic E-state index is 13.7. The number of nitrogens with one attached hydrogen (secondary N) is 1. The minimum Gasteiger partial charge on any atom is -0.307 e. The van der Waals surface area contributed by atoms with Gasteiger partial charge in [0.1, 0.15) is 17.5 Å². The number of halogens is 3. The van der Waals surface area contributed by atoms with E-state index in [9.17, 15) is 13.2 Å². The zero-order valence-electron chi connectivity index (χ0n) is 12.0. The minimum absolute atomic E-state index is 0.0311. The lowest BCUT2D eigenvalue weighted by Gasteiger charge is -2.21. The minimum atomic E-state index is -0.562. The molecule has 0 saturated heterocycles. The van der Waals surface area contributed by atoms with Gasteiger partial charge < -0.3 is 5.32 Å². The van der Waals surface area contributed by atoms with Crippen LogP contribution in [-0.2, 0) is 6.42 Å². The van der Waals surface area contributed by atoms with Gasteiger partial charge in [-0.1, -0.05) is 18.2 Å². The van der Waals surface area contributed by atoms with Crippen molar-refractivity contribution in [3.05, 3.63) is 71.0 Å². The van der Waals surface area contributed by atoms with Crippen LogP contribution in [-0.4, -0.2) is 6.04 Å². The van der Waals surface area contributed by atoms with Gasteiger partial charge in [0.05, 0.1) is 0 Å². The molecule has 21 heavy (non-hydrogen) atoms. The molecule has 112 valence electrons. The summed E-state index contributed by atoms with van der Waals surface area (Å²) >= 11 is 0. The molecule has 0 heterocycles. The SMILES string of the molecule is CC(Cc1cccc(F)c1)NC(C)c1c(F)cccc1F. The van der Waals surface area contributed by atoms with Gasteiger partial charge >= 0.3 is 0 Å². The van der Waals surface area contributed by atoms with Crippen molar-refractivity contribution in [3.8, 4) is 0 Å². The molecule has 2 unspecified atom stereocenters. The van der Waals surface area contributed by atoms with Gasteiger partial charge in [0.2, 0.25) is 0 Å². The summed E-state index contributed by atoms with van der Waals surface area (Å²) in [5, 5.41) is 3.14. The maximum Gasteiger partial charge on any atom is 0.130 e. The molecule has 0 saturated carbocycles. The molecule has 2 rings (SSSR count). The third-order valence-electron chi connectivity index (χ3n) is 3.40. The lowest BCUT2D eigenvalue weighted by Crippen LogP contribution is -2.31. The van der Waals surface area contributed by atoms with Crippen molar-refractivity contribution in [2.24, 2.45) is 0 Å². The van der Waals surface area contributed by atoms with Gasteiger partial charge in [-0.2, -0.15) is 0 Å². The molecule has 2 aromatic carbocycles. The van der Waals surface area contributed by atoms with Crippen LogP contribution in [0.2, 0.25) is 0 Å². The highest BCUT2D eigenvalue weighted by atomic mass is 19.1. The van der Waals surface area contributed by atoms with Crippen molar-refractivity contribution in [2.45, 2.75) is 32.4 Å². The Morgan fingerprint density at radius 1 is 0.952 bits per heavy atom. The van der Waals surface area contributed by atoms with Crippen molar-refractivity contribution in [1.29, 1.82) is 0 Å². The zero-order valence-corrected chi connectivity index (χ0v) is 12.0. The molecule has 0 radical (unpaired) electrons. The van der Waals surface area contributed by atoms with E-state index in [2.05, 4.69) is 5.32 Å². The van der Waals surface area contributed by atoms with Crippen LogP contribution in [0.3, 0.4) is 0 Å². The molecule has 0 aliphatic rings. The van der Waals surface area contributed by atoms with Crippen LogP contribution in [0.25, 0.3) is 0 Å². The summed E-state index contributed by atoms with van der Waals surface area (Å²) in [4.78, 5) is 0. The third kappa shape index (κ3) is 4.08. The van der Waals surface area contributed by atoms with Gasteiger partial charge in [0, 0.05) is 17.6 Å². The Kier molecular flexibility index (Phi) is 5.02. The fourth-order valence-corrected chi connectivity index (χ4v) is 2.51. The summed E-state index contributed by atoms with van der Waals surface area (Å²) in [6.07, 6.45) is 0.582. The maximum atomic E-state index is 13.7. The van der Waals surface area contributed by atoms with Crippen molar-refractivity contribution in [2.75, 3.05) is 0 Å².